The molecule has 34 heavy (non-hydrogen) atoms. The van der Waals surface area contributed by atoms with Gasteiger partial charge in [-0.25, -0.2) is 18.1 Å². The van der Waals surface area contributed by atoms with Gasteiger partial charge in [0.2, 0.25) is 11.8 Å². The van der Waals surface area contributed by atoms with Crippen LogP contribution in [0.3, 0.4) is 0 Å². The Bertz CT molecular complexity index is 1240. The van der Waals surface area contributed by atoms with E-state index in [1.54, 1.807) is 18.2 Å². The van der Waals surface area contributed by atoms with Crippen LogP contribution in [-0.4, -0.2) is 36.9 Å². The number of nitrogens with zero attached hydrogens (tertiary/aromatic N) is 2. The van der Waals surface area contributed by atoms with Crippen LogP contribution in [0.4, 0.5) is 5.95 Å². The first-order valence-electron chi connectivity index (χ1n) is 11.6. The Morgan fingerprint density at radius 3 is 2.65 bits per heavy atom. The van der Waals surface area contributed by atoms with Crippen molar-refractivity contribution >= 4 is 27.5 Å². The summed E-state index contributed by atoms with van der Waals surface area (Å²) in [6, 6.07) is 7.41. The zero-order valence-electron chi connectivity index (χ0n) is 20.3. The highest BCUT2D eigenvalue weighted by molar-refractivity contribution is 7.92. The van der Waals surface area contributed by atoms with Crippen molar-refractivity contribution in [2.45, 2.75) is 58.4 Å². The highest BCUT2D eigenvalue weighted by Crippen LogP contribution is 2.46. The minimum atomic E-state index is -4.02. The zero-order valence-corrected chi connectivity index (χ0v) is 21.1. The van der Waals surface area contributed by atoms with E-state index in [9.17, 15) is 13.2 Å². The molecule has 0 radical (unpaired) electrons. The quantitative estimate of drug-likeness (QED) is 0.673. The second-order valence-corrected chi connectivity index (χ2v) is 12.0. The van der Waals surface area contributed by atoms with E-state index in [0.29, 0.717) is 24.0 Å². The van der Waals surface area contributed by atoms with Crippen LogP contribution in [0.2, 0.25) is 0 Å². The van der Waals surface area contributed by atoms with Gasteiger partial charge in [0.25, 0.3) is 15.9 Å². The van der Waals surface area contributed by atoms with E-state index in [0.717, 1.165) is 12.0 Å². The summed E-state index contributed by atoms with van der Waals surface area (Å²) in [6.07, 6.45) is 3.84. The molecular formula is C25H32N4O4S. The second kappa shape index (κ2) is 9.02. The molecule has 1 amide bonds. The maximum absolute atomic E-state index is 13.1. The molecule has 2 heterocycles. The van der Waals surface area contributed by atoms with Gasteiger partial charge in [-0.3, -0.25) is 4.79 Å². The molecule has 0 fully saturated rings. The number of amides is 1. The average molecular weight is 485 g/mol. The molecule has 0 saturated heterocycles. The van der Waals surface area contributed by atoms with Crippen LogP contribution < -0.4 is 14.8 Å². The van der Waals surface area contributed by atoms with Gasteiger partial charge >= 0.3 is 0 Å². The van der Waals surface area contributed by atoms with Crippen molar-refractivity contribution < 1.29 is 17.9 Å². The normalized spacial score (nSPS) is 23.5. The number of carbonyl (C=O) groups is 1. The third-order valence-corrected chi connectivity index (χ3v) is 7.47. The Morgan fingerprint density at radius 2 is 1.97 bits per heavy atom. The molecule has 1 unspecified atom stereocenters. The van der Waals surface area contributed by atoms with Gasteiger partial charge in [0, 0.05) is 11.6 Å². The van der Waals surface area contributed by atoms with Crippen LogP contribution in [0.25, 0.3) is 5.57 Å². The van der Waals surface area contributed by atoms with E-state index < -0.39 is 10.0 Å². The molecular weight excluding hydrogens is 452 g/mol. The summed E-state index contributed by atoms with van der Waals surface area (Å²) in [5, 5.41) is 2.99. The largest absolute Gasteiger partial charge is 0.475 e. The van der Waals surface area contributed by atoms with Gasteiger partial charge in [-0.2, -0.15) is 4.98 Å². The maximum atomic E-state index is 13.1. The van der Waals surface area contributed by atoms with Crippen LogP contribution >= 0.6 is 0 Å². The Morgan fingerprint density at radius 1 is 1.21 bits per heavy atom. The topological polar surface area (TPSA) is 110 Å². The van der Waals surface area contributed by atoms with E-state index >= 15 is 0 Å². The number of allylic oxidation sites excluding steroid dienone is 2. The molecule has 4 bridgehead atoms. The molecule has 2 aromatic rings. The summed E-state index contributed by atoms with van der Waals surface area (Å²) in [7, 11) is -4.02. The lowest BCUT2D eigenvalue weighted by Crippen LogP contribution is -2.40. The summed E-state index contributed by atoms with van der Waals surface area (Å²) in [5.41, 5.74) is 1.80. The van der Waals surface area contributed by atoms with Gasteiger partial charge in [0.1, 0.15) is 6.61 Å². The van der Waals surface area contributed by atoms with Crippen molar-refractivity contribution in [1.82, 2.24) is 15.3 Å². The Kier molecular flexibility index (Phi) is 6.42. The summed E-state index contributed by atoms with van der Waals surface area (Å²) < 4.78 is 34.7. The molecule has 9 heteroatoms. The molecule has 1 aromatic carbocycles. The van der Waals surface area contributed by atoms with Crippen molar-refractivity contribution in [2.24, 2.45) is 17.3 Å². The third-order valence-electron chi connectivity index (χ3n) is 6.15. The smallest absolute Gasteiger partial charge is 0.264 e. The molecule has 2 atom stereocenters. The van der Waals surface area contributed by atoms with Crippen molar-refractivity contribution in [3.8, 4) is 5.88 Å². The number of carbonyl (C=O) groups excluding carboxylic acids is 1. The molecule has 0 spiro atoms. The number of anilines is 1. The minimum Gasteiger partial charge on any atom is -0.475 e. The number of sulfonamides is 1. The monoisotopic (exact) mass is 484 g/mol. The fraction of sp³-hybridized carbons (Fsp3) is 0.480. The zero-order chi connectivity index (χ0) is 24.7. The minimum absolute atomic E-state index is 0.0367. The van der Waals surface area contributed by atoms with Gasteiger partial charge in [-0.15, -0.1) is 0 Å². The summed E-state index contributed by atoms with van der Waals surface area (Å²) in [4.78, 5) is 21.7. The first-order chi connectivity index (χ1) is 15.9. The lowest BCUT2D eigenvalue weighted by molar-refractivity contribution is 0.0913. The predicted molar refractivity (Wildman–Crippen MR) is 131 cm³/mol. The molecule has 2 aliphatic rings. The van der Waals surface area contributed by atoms with Crippen molar-refractivity contribution in [3.05, 3.63) is 47.7 Å². The van der Waals surface area contributed by atoms with Gasteiger partial charge in [-0.1, -0.05) is 46.8 Å². The van der Waals surface area contributed by atoms with Crippen LogP contribution in [0.1, 0.15) is 63.5 Å². The number of hydrogen-bond acceptors (Lipinski definition) is 6. The van der Waals surface area contributed by atoms with E-state index in [2.05, 4.69) is 60.7 Å². The van der Waals surface area contributed by atoms with Gasteiger partial charge in [-0.05, 0) is 53.9 Å². The fourth-order valence-electron chi connectivity index (χ4n) is 4.77. The lowest BCUT2D eigenvalue weighted by Gasteiger charge is -2.24. The van der Waals surface area contributed by atoms with E-state index in [-0.39, 0.29) is 46.3 Å². The molecule has 4 rings (SSSR count). The van der Waals surface area contributed by atoms with Crippen LogP contribution in [0.15, 0.2) is 41.3 Å². The Hall–Kier alpha value is -2.94. The number of hydrogen-bond donors (Lipinski definition) is 2. The Balaban J connectivity index is 1.82. The fourth-order valence-corrected chi connectivity index (χ4v) is 5.76. The summed E-state index contributed by atoms with van der Waals surface area (Å²) in [6.45, 7) is 10.8. The SMILES string of the molecule is CC(C)C[C@@H]1COc2cc(C3=CC(C)CC3(C)C)nc(n2)NS(=O)(=O)c2cccc(c2)C(=O)N1. The van der Waals surface area contributed by atoms with Crippen LogP contribution in [0.5, 0.6) is 5.88 Å². The molecule has 0 saturated carbocycles. The number of rotatable bonds is 3. The number of fused-ring (bicyclic) bond motifs is 4. The second-order valence-electron chi connectivity index (χ2n) is 10.3. The number of benzene rings is 1. The standard InChI is InChI=1S/C25H32N4O4S/c1-15(2)9-18-14-33-22-12-21(20-10-16(3)13-25(20,4)5)27-24(28-22)29-34(31,32)19-8-6-7-17(11-19)23(30)26-18/h6-8,10-12,15-16,18H,9,13-14H2,1-5H3,(H,26,30)(H,27,28,29)/t16?,18-/m1/s1. The number of aromatic nitrogens is 2. The van der Waals surface area contributed by atoms with Crippen molar-refractivity contribution in [3.63, 3.8) is 0 Å². The van der Waals surface area contributed by atoms with Gasteiger partial charge in [0.05, 0.1) is 16.6 Å². The number of nitrogens with one attached hydrogen (secondary N) is 2. The van der Waals surface area contributed by atoms with E-state index in [1.165, 1.54) is 12.1 Å². The molecule has 2 N–H and O–H groups in total. The van der Waals surface area contributed by atoms with Crippen molar-refractivity contribution in [2.75, 3.05) is 11.3 Å². The molecule has 1 aliphatic carbocycles. The van der Waals surface area contributed by atoms with Crippen LogP contribution in [-0.2, 0) is 10.0 Å². The molecule has 1 aliphatic heterocycles. The van der Waals surface area contributed by atoms with E-state index in [1.807, 2.05) is 0 Å². The lowest BCUT2D eigenvalue weighted by atomic mass is 9.83. The van der Waals surface area contributed by atoms with Gasteiger partial charge < -0.3 is 10.1 Å². The molecule has 8 nitrogen and oxygen atoms in total. The van der Waals surface area contributed by atoms with E-state index in [4.69, 9.17) is 4.74 Å². The van der Waals surface area contributed by atoms with Crippen molar-refractivity contribution in [1.29, 1.82) is 0 Å². The highest BCUT2D eigenvalue weighted by Gasteiger charge is 2.34. The average Bonchev–Trinajstić information content (AvgIpc) is 3.02. The molecule has 182 valence electrons. The first-order valence-corrected chi connectivity index (χ1v) is 13.1. The Labute approximate surface area is 201 Å². The van der Waals surface area contributed by atoms with Crippen LogP contribution in [0, 0.1) is 17.3 Å². The highest BCUT2D eigenvalue weighted by atomic mass is 32.2. The molecule has 1 aromatic heterocycles. The van der Waals surface area contributed by atoms with Gasteiger partial charge in [0.15, 0.2) is 0 Å². The third kappa shape index (κ3) is 5.24. The maximum Gasteiger partial charge on any atom is 0.264 e. The predicted octanol–water partition coefficient (Wildman–Crippen LogP) is 4.26. The number of ether oxygens (including phenoxy) is 1. The summed E-state index contributed by atoms with van der Waals surface area (Å²) in [5.74, 6) is 0.546. The summed E-state index contributed by atoms with van der Waals surface area (Å²) >= 11 is 0. The first kappa shape index (κ1) is 24.2.